The second-order valence-corrected chi connectivity index (χ2v) is 5.00. The predicted octanol–water partition coefficient (Wildman–Crippen LogP) is 0.835. The topological polar surface area (TPSA) is 77.0 Å². The molecule has 1 aromatic heterocycles. The van der Waals surface area contributed by atoms with E-state index in [2.05, 4.69) is 10.2 Å². The van der Waals surface area contributed by atoms with Crippen molar-refractivity contribution in [3.63, 3.8) is 0 Å². The molecule has 6 nitrogen and oxygen atoms in total. The van der Waals surface area contributed by atoms with Gasteiger partial charge in [-0.15, -0.1) is 10.2 Å². The highest BCUT2D eigenvalue weighted by molar-refractivity contribution is 5.76. The number of nitrogen functional groups attached to an aromatic ring is 1. The summed E-state index contributed by atoms with van der Waals surface area (Å²) in [4.78, 5) is 14.1. The second-order valence-electron chi connectivity index (χ2n) is 5.00. The molecule has 0 saturated heterocycles. The van der Waals surface area contributed by atoms with Crippen molar-refractivity contribution >= 4 is 11.6 Å². The van der Waals surface area contributed by atoms with Crippen LogP contribution in [-0.4, -0.2) is 32.1 Å². The summed E-state index contributed by atoms with van der Waals surface area (Å²) < 4.78 is 1.99. The van der Waals surface area contributed by atoms with Gasteiger partial charge in [0.1, 0.15) is 6.33 Å². The number of rotatable bonds is 3. The third-order valence-corrected chi connectivity index (χ3v) is 3.60. The molecule has 1 aliphatic rings. The van der Waals surface area contributed by atoms with E-state index in [1.165, 1.54) is 0 Å². The van der Waals surface area contributed by atoms with Crippen molar-refractivity contribution in [1.29, 1.82) is 0 Å². The molecule has 6 heteroatoms. The van der Waals surface area contributed by atoms with Gasteiger partial charge in [0.05, 0.1) is 6.54 Å². The maximum absolute atomic E-state index is 12.2. The van der Waals surface area contributed by atoms with Crippen molar-refractivity contribution in [2.45, 2.75) is 25.9 Å². The van der Waals surface area contributed by atoms with Crippen LogP contribution in [-0.2, 0) is 24.3 Å². The summed E-state index contributed by atoms with van der Waals surface area (Å²) in [5.41, 5.74) is 7.52. The number of nitrogens with two attached hydrogens (primary N) is 1. The molecule has 2 aromatic rings. The molecule has 0 atom stereocenters. The number of benzene rings is 1. The van der Waals surface area contributed by atoms with E-state index in [1.54, 1.807) is 6.33 Å². The Labute approximate surface area is 117 Å². The van der Waals surface area contributed by atoms with E-state index < -0.39 is 0 Å². The number of aromatic nitrogens is 3. The zero-order valence-corrected chi connectivity index (χ0v) is 11.2. The largest absolute Gasteiger partial charge is 0.399 e. The van der Waals surface area contributed by atoms with E-state index in [4.69, 9.17) is 5.73 Å². The molecule has 1 aromatic carbocycles. The lowest BCUT2D eigenvalue weighted by Gasteiger charge is -2.27. The monoisotopic (exact) mass is 271 g/mol. The maximum Gasteiger partial charge on any atom is 0.223 e. The van der Waals surface area contributed by atoms with Gasteiger partial charge in [-0.05, 0) is 24.1 Å². The van der Waals surface area contributed by atoms with Gasteiger partial charge in [-0.3, -0.25) is 4.79 Å². The Hall–Kier alpha value is -2.37. The Bertz CT molecular complexity index is 604. The van der Waals surface area contributed by atoms with Crippen LogP contribution < -0.4 is 5.73 Å². The molecule has 104 valence electrons. The van der Waals surface area contributed by atoms with Gasteiger partial charge >= 0.3 is 0 Å². The normalized spacial score (nSPS) is 14.1. The van der Waals surface area contributed by atoms with E-state index in [0.717, 1.165) is 36.6 Å². The fourth-order valence-corrected chi connectivity index (χ4v) is 2.37. The molecule has 0 aliphatic carbocycles. The number of anilines is 1. The Morgan fingerprint density at radius 3 is 2.85 bits per heavy atom. The van der Waals surface area contributed by atoms with E-state index in [1.807, 2.05) is 33.7 Å². The predicted molar refractivity (Wildman–Crippen MR) is 74.6 cm³/mol. The molecule has 20 heavy (non-hydrogen) atoms. The van der Waals surface area contributed by atoms with Crippen molar-refractivity contribution in [2.24, 2.45) is 0 Å². The standard InChI is InChI=1S/C14H17N5O/c15-12-4-1-11(2-5-12)3-6-14(20)18-7-8-19-10-16-17-13(19)9-18/h1-2,4-5,10H,3,6-9,15H2. The van der Waals surface area contributed by atoms with Crippen LogP contribution in [0.1, 0.15) is 17.8 Å². The minimum Gasteiger partial charge on any atom is -0.399 e. The van der Waals surface area contributed by atoms with E-state index in [9.17, 15) is 4.79 Å². The number of amides is 1. The zero-order chi connectivity index (χ0) is 13.9. The van der Waals surface area contributed by atoms with E-state index >= 15 is 0 Å². The minimum atomic E-state index is 0.163. The minimum absolute atomic E-state index is 0.163. The quantitative estimate of drug-likeness (QED) is 0.839. The number of fused-ring (bicyclic) bond motifs is 1. The van der Waals surface area contributed by atoms with Gasteiger partial charge in [-0.2, -0.15) is 0 Å². The maximum atomic E-state index is 12.2. The van der Waals surface area contributed by atoms with Crippen molar-refractivity contribution < 1.29 is 4.79 Å². The zero-order valence-electron chi connectivity index (χ0n) is 11.2. The molecule has 2 heterocycles. The second kappa shape index (κ2) is 5.32. The number of aryl methyl sites for hydroxylation is 1. The molecule has 0 spiro atoms. The van der Waals surface area contributed by atoms with Crippen molar-refractivity contribution in [1.82, 2.24) is 19.7 Å². The lowest BCUT2D eigenvalue weighted by atomic mass is 10.1. The number of hydrogen-bond acceptors (Lipinski definition) is 4. The van der Waals surface area contributed by atoms with Crippen molar-refractivity contribution in [2.75, 3.05) is 12.3 Å². The Balaban J connectivity index is 1.56. The molecule has 0 saturated carbocycles. The Morgan fingerprint density at radius 2 is 2.05 bits per heavy atom. The summed E-state index contributed by atoms with van der Waals surface area (Å²) >= 11 is 0. The van der Waals surface area contributed by atoms with Gasteiger partial charge in [0.15, 0.2) is 5.82 Å². The number of hydrogen-bond donors (Lipinski definition) is 1. The average Bonchev–Trinajstić information content (AvgIpc) is 2.93. The Kier molecular flexibility index (Phi) is 3.37. The molecule has 0 fully saturated rings. The summed E-state index contributed by atoms with van der Waals surface area (Å²) in [6, 6.07) is 7.66. The van der Waals surface area contributed by atoms with Crippen LogP contribution in [0.4, 0.5) is 5.69 Å². The smallest absolute Gasteiger partial charge is 0.223 e. The van der Waals surface area contributed by atoms with Gasteiger partial charge < -0.3 is 15.2 Å². The van der Waals surface area contributed by atoms with E-state index in [-0.39, 0.29) is 5.91 Å². The molecule has 3 rings (SSSR count). The van der Waals surface area contributed by atoms with Gasteiger partial charge in [-0.25, -0.2) is 0 Å². The van der Waals surface area contributed by atoms with Crippen LogP contribution in [0, 0.1) is 0 Å². The van der Waals surface area contributed by atoms with Gasteiger partial charge in [-0.1, -0.05) is 12.1 Å². The first-order valence-corrected chi connectivity index (χ1v) is 6.71. The summed E-state index contributed by atoms with van der Waals surface area (Å²) in [7, 11) is 0. The third kappa shape index (κ3) is 2.64. The molecule has 1 aliphatic heterocycles. The summed E-state index contributed by atoms with van der Waals surface area (Å²) in [6.45, 7) is 2.06. The lowest BCUT2D eigenvalue weighted by molar-refractivity contribution is -0.132. The van der Waals surface area contributed by atoms with Crippen LogP contribution in [0.25, 0.3) is 0 Å². The third-order valence-electron chi connectivity index (χ3n) is 3.60. The lowest BCUT2D eigenvalue weighted by Crippen LogP contribution is -2.38. The van der Waals surface area contributed by atoms with Gasteiger partial charge in [0.25, 0.3) is 0 Å². The summed E-state index contributed by atoms with van der Waals surface area (Å²) in [6.07, 6.45) is 2.96. The highest BCUT2D eigenvalue weighted by Gasteiger charge is 2.21. The fraction of sp³-hybridized carbons (Fsp3) is 0.357. The molecular weight excluding hydrogens is 254 g/mol. The first kappa shape index (κ1) is 12.7. The molecule has 0 unspecified atom stereocenters. The van der Waals surface area contributed by atoms with Crippen LogP contribution in [0.3, 0.4) is 0 Å². The molecular formula is C14H17N5O. The highest BCUT2D eigenvalue weighted by atomic mass is 16.2. The van der Waals surface area contributed by atoms with Crippen molar-refractivity contribution in [3.05, 3.63) is 42.0 Å². The first-order valence-electron chi connectivity index (χ1n) is 6.71. The van der Waals surface area contributed by atoms with Crippen LogP contribution in [0.15, 0.2) is 30.6 Å². The van der Waals surface area contributed by atoms with Crippen LogP contribution in [0.5, 0.6) is 0 Å². The Morgan fingerprint density at radius 1 is 1.25 bits per heavy atom. The van der Waals surface area contributed by atoms with Crippen LogP contribution in [0.2, 0.25) is 0 Å². The first-order chi connectivity index (χ1) is 9.72. The highest BCUT2D eigenvalue weighted by Crippen LogP contribution is 2.13. The van der Waals surface area contributed by atoms with Crippen LogP contribution >= 0.6 is 0 Å². The average molecular weight is 271 g/mol. The van der Waals surface area contributed by atoms with Gasteiger partial charge in [0, 0.05) is 25.2 Å². The summed E-state index contributed by atoms with van der Waals surface area (Å²) in [5, 5.41) is 7.89. The molecule has 0 bridgehead atoms. The summed E-state index contributed by atoms with van der Waals surface area (Å²) in [5.74, 6) is 1.02. The number of nitrogens with zero attached hydrogens (tertiary/aromatic N) is 4. The van der Waals surface area contributed by atoms with E-state index in [0.29, 0.717) is 13.0 Å². The SMILES string of the molecule is Nc1ccc(CCC(=O)N2CCn3cnnc3C2)cc1. The molecule has 1 amide bonds. The van der Waals surface area contributed by atoms with Gasteiger partial charge in [0.2, 0.25) is 5.91 Å². The molecule has 2 N–H and O–H groups in total. The number of carbonyl (C=O) groups is 1. The number of carbonyl (C=O) groups excluding carboxylic acids is 1. The molecule has 0 radical (unpaired) electrons. The van der Waals surface area contributed by atoms with Crippen molar-refractivity contribution in [3.8, 4) is 0 Å². The fourth-order valence-electron chi connectivity index (χ4n) is 2.37.